The SMILES string of the molecule is Cc1ccc([P+](=O)O)cc1.[AlH3]. The monoisotopic (exact) mass is 185 g/mol. The number of hydrogen-bond acceptors (Lipinski definition) is 1. The van der Waals surface area contributed by atoms with Crippen molar-refractivity contribution in [3.63, 3.8) is 0 Å². The van der Waals surface area contributed by atoms with Crippen molar-refractivity contribution in [2.45, 2.75) is 6.92 Å². The van der Waals surface area contributed by atoms with Crippen molar-refractivity contribution in [2.75, 3.05) is 0 Å². The van der Waals surface area contributed by atoms with Gasteiger partial charge in [-0.05, 0) is 23.6 Å². The van der Waals surface area contributed by atoms with E-state index >= 15 is 0 Å². The van der Waals surface area contributed by atoms with Gasteiger partial charge in [0.15, 0.2) is 17.4 Å². The summed E-state index contributed by atoms with van der Waals surface area (Å²) in [6, 6.07) is 6.96. The summed E-state index contributed by atoms with van der Waals surface area (Å²) in [7, 11) is -2.16. The van der Waals surface area contributed by atoms with Gasteiger partial charge in [-0.3, -0.25) is 0 Å². The molecule has 0 heterocycles. The maximum atomic E-state index is 10.5. The Bertz CT molecular complexity index is 245. The summed E-state index contributed by atoms with van der Waals surface area (Å²) >= 11 is 0. The molecule has 0 bridgehead atoms. The van der Waals surface area contributed by atoms with Gasteiger partial charge in [-0.2, -0.15) is 4.89 Å². The lowest BCUT2D eigenvalue weighted by molar-refractivity contribution is 0.513. The van der Waals surface area contributed by atoms with Crippen molar-refractivity contribution in [3.05, 3.63) is 29.8 Å². The molecule has 4 heteroatoms. The van der Waals surface area contributed by atoms with Gasteiger partial charge in [0, 0.05) is 0 Å². The molecule has 11 heavy (non-hydrogen) atoms. The van der Waals surface area contributed by atoms with Crippen LogP contribution in [0.4, 0.5) is 0 Å². The first-order valence-corrected chi connectivity index (χ1v) is 4.14. The smallest absolute Gasteiger partial charge is 0.156 e. The fourth-order valence-electron chi connectivity index (χ4n) is 0.672. The van der Waals surface area contributed by atoms with E-state index in [1.807, 2.05) is 19.1 Å². The lowest BCUT2D eigenvalue weighted by Gasteiger charge is -1.85. The third kappa shape index (κ3) is 3.14. The van der Waals surface area contributed by atoms with Crippen molar-refractivity contribution < 1.29 is 9.46 Å². The highest BCUT2D eigenvalue weighted by Gasteiger charge is 2.13. The van der Waals surface area contributed by atoms with E-state index in [1.165, 1.54) is 0 Å². The van der Waals surface area contributed by atoms with Gasteiger partial charge in [0.05, 0.1) is 0 Å². The molecule has 2 nitrogen and oxygen atoms in total. The molecule has 1 aromatic rings. The maximum absolute atomic E-state index is 10.5. The third-order valence-corrected chi connectivity index (χ3v) is 1.99. The zero-order chi connectivity index (χ0) is 7.56. The Morgan fingerprint density at radius 2 is 1.73 bits per heavy atom. The van der Waals surface area contributed by atoms with E-state index in [-0.39, 0.29) is 17.4 Å². The van der Waals surface area contributed by atoms with E-state index in [9.17, 15) is 4.57 Å². The van der Waals surface area contributed by atoms with E-state index in [1.54, 1.807) is 12.1 Å². The molecule has 0 saturated carbocycles. The van der Waals surface area contributed by atoms with E-state index in [4.69, 9.17) is 4.89 Å². The third-order valence-electron chi connectivity index (χ3n) is 1.25. The van der Waals surface area contributed by atoms with Crippen LogP contribution in [-0.4, -0.2) is 22.3 Å². The number of benzene rings is 1. The summed E-state index contributed by atoms with van der Waals surface area (Å²) in [6.07, 6.45) is 0. The second kappa shape index (κ2) is 4.64. The summed E-state index contributed by atoms with van der Waals surface area (Å²) in [5, 5.41) is 0.487. The molecule has 1 unspecified atom stereocenters. The van der Waals surface area contributed by atoms with Gasteiger partial charge in [-0.1, -0.05) is 17.7 Å². The van der Waals surface area contributed by atoms with Crippen LogP contribution in [0.3, 0.4) is 0 Å². The van der Waals surface area contributed by atoms with E-state index < -0.39 is 8.03 Å². The van der Waals surface area contributed by atoms with Crippen LogP contribution in [0.15, 0.2) is 24.3 Å². The number of rotatable bonds is 1. The van der Waals surface area contributed by atoms with Crippen molar-refractivity contribution in [2.24, 2.45) is 0 Å². The van der Waals surface area contributed by atoms with Crippen molar-refractivity contribution in [1.29, 1.82) is 0 Å². The zero-order valence-electron chi connectivity index (χ0n) is 5.61. The first-order valence-electron chi connectivity index (χ1n) is 2.93. The molecule has 1 N–H and O–H groups in total. The molecule has 0 aliphatic rings. The average Bonchev–Trinajstić information content (AvgIpc) is 1.88. The normalized spacial score (nSPS) is 10.2. The Kier molecular flexibility index (Phi) is 4.56. The fraction of sp³-hybridized carbons (Fsp3) is 0.143. The summed E-state index contributed by atoms with van der Waals surface area (Å²) in [5.74, 6) is 0. The van der Waals surface area contributed by atoms with Crippen LogP contribution in [0.2, 0.25) is 0 Å². The quantitative estimate of drug-likeness (QED) is 0.500. The first-order chi connectivity index (χ1) is 4.70. The van der Waals surface area contributed by atoms with Crippen LogP contribution in [0.25, 0.3) is 0 Å². The Labute approximate surface area is 77.3 Å². The van der Waals surface area contributed by atoms with Gasteiger partial charge in [0.25, 0.3) is 0 Å². The van der Waals surface area contributed by atoms with Gasteiger partial charge < -0.3 is 0 Å². The van der Waals surface area contributed by atoms with E-state index in [0.29, 0.717) is 5.30 Å². The average molecular weight is 185 g/mol. The molecule has 1 rings (SSSR count). The van der Waals surface area contributed by atoms with Gasteiger partial charge >= 0.3 is 8.03 Å². The highest BCUT2D eigenvalue weighted by atomic mass is 31.1. The van der Waals surface area contributed by atoms with Crippen molar-refractivity contribution in [1.82, 2.24) is 0 Å². The minimum Gasteiger partial charge on any atom is -0.156 e. The number of aryl methyl sites for hydroxylation is 1. The van der Waals surface area contributed by atoms with E-state index in [2.05, 4.69) is 0 Å². The highest BCUT2D eigenvalue weighted by molar-refractivity contribution is 7.47. The Morgan fingerprint density at radius 3 is 2.09 bits per heavy atom. The Morgan fingerprint density at radius 1 is 1.27 bits per heavy atom. The lowest BCUT2D eigenvalue weighted by atomic mass is 10.2. The standard InChI is InChI=1S/C7H7O2P.Al.3H/c1-6-2-4-7(5-3-6)10(8)9;;;;/h2-5H,1H3;;;;/p+1. The van der Waals surface area contributed by atoms with Crippen LogP contribution in [0.5, 0.6) is 0 Å². The fourth-order valence-corrected chi connectivity index (χ4v) is 1.08. The van der Waals surface area contributed by atoms with Gasteiger partial charge in [0.1, 0.15) is 0 Å². The molecular weight excluding hydrogens is 174 g/mol. The van der Waals surface area contributed by atoms with Crippen LogP contribution >= 0.6 is 8.03 Å². The maximum Gasteiger partial charge on any atom is 0.546 e. The second-order valence-electron chi connectivity index (χ2n) is 2.11. The topological polar surface area (TPSA) is 37.3 Å². The summed E-state index contributed by atoms with van der Waals surface area (Å²) in [5.41, 5.74) is 1.10. The molecule has 0 amide bonds. The molecule has 58 valence electrons. The number of hydrogen-bond donors (Lipinski definition) is 1. The Hall–Kier alpha value is -0.188. The van der Waals surface area contributed by atoms with E-state index in [0.717, 1.165) is 5.56 Å². The lowest BCUT2D eigenvalue weighted by Crippen LogP contribution is -1.93. The van der Waals surface area contributed by atoms with Gasteiger partial charge in [0.2, 0.25) is 5.30 Å². The molecule has 0 spiro atoms. The summed E-state index contributed by atoms with van der Waals surface area (Å²) < 4.78 is 10.5. The molecule has 0 saturated heterocycles. The van der Waals surface area contributed by atoms with Crippen LogP contribution in [-0.2, 0) is 4.57 Å². The van der Waals surface area contributed by atoms with Crippen LogP contribution < -0.4 is 5.30 Å². The summed E-state index contributed by atoms with van der Waals surface area (Å²) in [4.78, 5) is 8.62. The molecule has 0 fully saturated rings. The molecule has 0 aromatic heterocycles. The predicted octanol–water partition coefficient (Wildman–Crippen LogP) is 0.171. The molecule has 1 atom stereocenters. The summed E-state index contributed by atoms with van der Waals surface area (Å²) in [6.45, 7) is 1.94. The van der Waals surface area contributed by atoms with Crippen molar-refractivity contribution in [3.8, 4) is 0 Å². The molecule has 0 radical (unpaired) electrons. The predicted molar refractivity (Wildman–Crippen MR) is 50.6 cm³/mol. The minimum atomic E-state index is -2.16. The van der Waals surface area contributed by atoms with Gasteiger partial charge in [-0.15, -0.1) is 0 Å². The zero-order valence-corrected chi connectivity index (χ0v) is 6.51. The molecule has 0 aliphatic heterocycles. The van der Waals surface area contributed by atoms with Crippen LogP contribution in [0.1, 0.15) is 5.56 Å². The Balaban J connectivity index is 0.000001000. The van der Waals surface area contributed by atoms with Crippen molar-refractivity contribution >= 4 is 30.7 Å². The van der Waals surface area contributed by atoms with Gasteiger partial charge in [-0.25, -0.2) is 0 Å². The molecular formula is C7H11AlO2P+. The highest BCUT2D eigenvalue weighted by Crippen LogP contribution is 2.12. The molecule has 0 aliphatic carbocycles. The molecule has 1 aromatic carbocycles. The minimum absolute atomic E-state index is 0. The first kappa shape index (κ1) is 10.8. The largest absolute Gasteiger partial charge is 0.546 e. The second-order valence-corrected chi connectivity index (χ2v) is 3.17. The van der Waals surface area contributed by atoms with Crippen LogP contribution in [0, 0.1) is 6.92 Å².